The average molecular weight is 294 g/mol. The van der Waals surface area contributed by atoms with E-state index in [-0.39, 0.29) is 11.7 Å². The highest BCUT2D eigenvalue weighted by Crippen LogP contribution is 2.43. The quantitative estimate of drug-likeness (QED) is 0.819. The molecule has 0 heterocycles. The van der Waals surface area contributed by atoms with Gasteiger partial charge in [-0.05, 0) is 48.6 Å². The van der Waals surface area contributed by atoms with E-state index >= 15 is 0 Å². The summed E-state index contributed by atoms with van der Waals surface area (Å²) in [6.45, 7) is 0. The molecule has 104 valence electrons. The molecule has 1 aliphatic carbocycles. The van der Waals surface area contributed by atoms with E-state index in [9.17, 15) is 8.78 Å². The van der Waals surface area contributed by atoms with Crippen LogP contribution in [0.15, 0.2) is 42.5 Å². The maximum atomic E-state index is 13.8. The van der Waals surface area contributed by atoms with Crippen molar-refractivity contribution < 1.29 is 8.78 Å². The Hall–Kier alpha value is -1.61. The molecule has 1 N–H and O–H groups in total. The van der Waals surface area contributed by atoms with E-state index in [0.29, 0.717) is 10.9 Å². The second-order valence-electron chi connectivity index (χ2n) is 5.11. The van der Waals surface area contributed by atoms with Gasteiger partial charge in [0.15, 0.2) is 11.6 Å². The van der Waals surface area contributed by atoms with Gasteiger partial charge in [-0.1, -0.05) is 29.8 Å². The van der Waals surface area contributed by atoms with Crippen LogP contribution < -0.4 is 5.32 Å². The van der Waals surface area contributed by atoms with Gasteiger partial charge in [-0.15, -0.1) is 0 Å². The van der Waals surface area contributed by atoms with Gasteiger partial charge in [0.25, 0.3) is 0 Å². The second-order valence-corrected chi connectivity index (χ2v) is 5.55. The Kier molecular flexibility index (Phi) is 3.62. The van der Waals surface area contributed by atoms with Crippen LogP contribution in [-0.2, 0) is 0 Å². The van der Waals surface area contributed by atoms with Gasteiger partial charge in [0.1, 0.15) is 0 Å². The van der Waals surface area contributed by atoms with Crippen molar-refractivity contribution >= 4 is 17.3 Å². The molecule has 1 atom stereocenters. The molecule has 0 aromatic heterocycles. The molecule has 1 unspecified atom stereocenters. The number of halogens is 3. The third-order valence-electron chi connectivity index (χ3n) is 3.59. The van der Waals surface area contributed by atoms with E-state index in [1.165, 1.54) is 6.07 Å². The minimum Gasteiger partial charge on any atom is -0.376 e. The van der Waals surface area contributed by atoms with Crippen molar-refractivity contribution in [1.29, 1.82) is 0 Å². The number of benzene rings is 2. The van der Waals surface area contributed by atoms with Crippen LogP contribution in [0.25, 0.3) is 0 Å². The van der Waals surface area contributed by atoms with Gasteiger partial charge < -0.3 is 5.32 Å². The monoisotopic (exact) mass is 293 g/mol. The molecule has 20 heavy (non-hydrogen) atoms. The number of nitrogens with one attached hydrogen (secondary N) is 1. The van der Waals surface area contributed by atoms with Gasteiger partial charge >= 0.3 is 0 Å². The third-order valence-corrected chi connectivity index (χ3v) is 3.84. The summed E-state index contributed by atoms with van der Waals surface area (Å²) in [7, 11) is 0. The van der Waals surface area contributed by atoms with Gasteiger partial charge in [0.05, 0.1) is 11.7 Å². The van der Waals surface area contributed by atoms with Crippen molar-refractivity contribution in [3.63, 3.8) is 0 Å². The summed E-state index contributed by atoms with van der Waals surface area (Å²) < 4.78 is 27.0. The van der Waals surface area contributed by atoms with Crippen molar-refractivity contribution in [2.24, 2.45) is 5.92 Å². The van der Waals surface area contributed by atoms with Crippen molar-refractivity contribution in [1.82, 2.24) is 0 Å². The fourth-order valence-electron chi connectivity index (χ4n) is 2.36. The predicted octanol–water partition coefficient (Wildman–Crippen LogP) is 5.18. The first-order valence-corrected chi connectivity index (χ1v) is 6.99. The maximum Gasteiger partial charge on any atom is 0.181 e. The van der Waals surface area contributed by atoms with Crippen molar-refractivity contribution in [2.75, 3.05) is 5.32 Å². The van der Waals surface area contributed by atoms with Crippen LogP contribution in [0, 0.1) is 17.6 Å². The summed E-state index contributed by atoms with van der Waals surface area (Å²) >= 11 is 5.89. The molecule has 0 spiro atoms. The molecule has 1 aliphatic rings. The Bertz CT molecular complexity index is 608. The Morgan fingerprint density at radius 1 is 1.05 bits per heavy atom. The Labute approximate surface area is 121 Å². The predicted molar refractivity (Wildman–Crippen MR) is 76.9 cm³/mol. The van der Waals surface area contributed by atoms with Gasteiger partial charge in [0, 0.05) is 5.02 Å². The van der Waals surface area contributed by atoms with Gasteiger partial charge in [0.2, 0.25) is 0 Å². The first kappa shape index (κ1) is 13.4. The lowest BCUT2D eigenvalue weighted by Crippen LogP contribution is -2.14. The van der Waals surface area contributed by atoms with E-state index in [4.69, 9.17) is 11.6 Å². The molecule has 0 saturated heterocycles. The standard InChI is InChI=1S/C16H14ClF2N/c17-12-8-6-11(7-9-12)16(10-4-5-10)20-14-3-1-2-13(18)15(14)19/h1-3,6-10,16,20H,4-5H2. The topological polar surface area (TPSA) is 12.0 Å². The zero-order valence-corrected chi connectivity index (χ0v) is 11.5. The zero-order chi connectivity index (χ0) is 14.1. The molecule has 2 aromatic carbocycles. The Morgan fingerprint density at radius 2 is 1.75 bits per heavy atom. The molecule has 2 aromatic rings. The summed E-state index contributed by atoms with van der Waals surface area (Å²) in [4.78, 5) is 0. The van der Waals surface area contributed by atoms with Crippen molar-refractivity contribution in [3.8, 4) is 0 Å². The van der Waals surface area contributed by atoms with E-state index in [1.807, 2.05) is 24.3 Å². The van der Waals surface area contributed by atoms with Crippen LogP contribution in [0.5, 0.6) is 0 Å². The number of anilines is 1. The first-order chi connectivity index (χ1) is 9.65. The largest absolute Gasteiger partial charge is 0.376 e. The van der Waals surface area contributed by atoms with Gasteiger partial charge in [-0.25, -0.2) is 8.78 Å². The number of hydrogen-bond acceptors (Lipinski definition) is 1. The van der Waals surface area contributed by atoms with E-state index in [1.54, 1.807) is 6.07 Å². The van der Waals surface area contributed by atoms with Crippen molar-refractivity contribution in [2.45, 2.75) is 18.9 Å². The smallest absolute Gasteiger partial charge is 0.181 e. The molecule has 0 amide bonds. The fourth-order valence-corrected chi connectivity index (χ4v) is 2.48. The van der Waals surface area contributed by atoms with Gasteiger partial charge in [-0.2, -0.15) is 0 Å². The summed E-state index contributed by atoms with van der Waals surface area (Å²) in [5, 5.41) is 3.79. The highest BCUT2D eigenvalue weighted by molar-refractivity contribution is 6.30. The highest BCUT2D eigenvalue weighted by Gasteiger charge is 2.32. The molecule has 0 bridgehead atoms. The molecule has 4 heteroatoms. The lowest BCUT2D eigenvalue weighted by molar-refractivity contribution is 0.508. The highest BCUT2D eigenvalue weighted by atomic mass is 35.5. The minimum absolute atomic E-state index is 0.0106. The van der Waals surface area contributed by atoms with Crippen LogP contribution in [-0.4, -0.2) is 0 Å². The molecule has 0 aliphatic heterocycles. The lowest BCUT2D eigenvalue weighted by atomic mass is 10.0. The van der Waals surface area contributed by atoms with E-state index < -0.39 is 11.6 Å². The minimum atomic E-state index is -0.833. The second kappa shape index (κ2) is 5.41. The summed E-state index contributed by atoms with van der Waals surface area (Å²) in [5.74, 6) is -1.20. The van der Waals surface area contributed by atoms with E-state index in [2.05, 4.69) is 5.32 Å². The van der Waals surface area contributed by atoms with Crippen LogP contribution in [0.2, 0.25) is 5.02 Å². The Balaban J connectivity index is 1.88. The summed E-state index contributed by atoms with van der Waals surface area (Å²) in [5.41, 5.74) is 1.25. The summed E-state index contributed by atoms with van der Waals surface area (Å²) in [6.07, 6.45) is 2.19. The lowest BCUT2D eigenvalue weighted by Gasteiger charge is -2.20. The molecule has 1 saturated carbocycles. The van der Waals surface area contributed by atoms with Gasteiger partial charge in [-0.3, -0.25) is 0 Å². The molecule has 3 rings (SSSR count). The molecule has 1 fully saturated rings. The number of rotatable bonds is 4. The summed E-state index contributed by atoms with van der Waals surface area (Å²) in [6, 6.07) is 11.7. The SMILES string of the molecule is Fc1cccc(NC(c2ccc(Cl)cc2)C2CC2)c1F. The van der Waals surface area contributed by atoms with Crippen LogP contribution in [0.1, 0.15) is 24.4 Å². The number of hydrogen-bond donors (Lipinski definition) is 1. The molecular weight excluding hydrogens is 280 g/mol. The fraction of sp³-hybridized carbons (Fsp3) is 0.250. The normalized spacial score (nSPS) is 15.9. The Morgan fingerprint density at radius 3 is 2.40 bits per heavy atom. The van der Waals surface area contributed by atoms with Crippen LogP contribution in [0.3, 0.4) is 0 Å². The van der Waals surface area contributed by atoms with E-state index in [0.717, 1.165) is 24.5 Å². The maximum absolute atomic E-state index is 13.8. The van der Waals surface area contributed by atoms with Crippen molar-refractivity contribution in [3.05, 3.63) is 64.7 Å². The third kappa shape index (κ3) is 2.78. The molecular formula is C16H14ClF2N. The average Bonchev–Trinajstić information content (AvgIpc) is 3.26. The van der Waals surface area contributed by atoms with Crippen LogP contribution in [0.4, 0.5) is 14.5 Å². The zero-order valence-electron chi connectivity index (χ0n) is 10.7. The first-order valence-electron chi connectivity index (χ1n) is 6.61. The molecule has 0 radical (unpaired) electrons. The van der Waals surface area contributed by atoms with Crippen LogP contribution >= 0.6 is 11.6 Å². The molecule has 1 nitrogen and oxygen atoms in total.